The fourth-order valence-corrected chi connectivity index (χ4v) is 1.59. The summed E-state index contributed by atoms with van der Waals surface area (Å²) in [6, 6.07) is 0. The van der Waals surface area contributed by atoms with Crippen molar-refractivity contribution in [3.05, 3.63) is 0 Å². The van der Waals surface area contributed by atoms with Crippen LogP contribution < -0.4 is 5.32 Å². The van der Waals surface area contributed by atoms with Crippen molar-refractivity contribution < 1.29 is 13.8 Å². The molecule has 0 amide bonds. The van der Waals surface area contributed by atoms with Crippen LogP contribution in [-0.2, 0) is 13.8 Å². The molecule has 96 valence electrons. The Balaban J connectivity index is 3.97. The van der Waals surface area contributed by atoms with Crippen molar-refractivity contribution in [2.75, 3.05) is 34.3 Å². The van der Waals surface area contributed by atoms with Crippen LogP contribution in [0.25, 0.3) is 0 Å². The van der Waals surface area contributed by atoms with E-state index in [1.54, 1.807) is 18.8 Å². The molecule has 0 saturated heterocycles. The van der Waals surface area contributed by atoms with Crippen molar-refractivity contribution in [1.29, 1.82) is 0 Å². The third-order valence-electron chi connectivity index (χ3n) is 2.13. The van der Waals surface area contributed by atoms with E-state index in [1.165, 1.54) is 0 Å². The average Bonchev–Trinajstić information content (AvgIpc) is 2.25. The standard InChI is InChI=1S/C10H24N2O3P/c1-6-9(2)15-10(7-11-3)8-14-16(13)12(4)5/h9-11H,6-8H2,1-5H3/q+1/t9-,10-/m0/s1. The van der Waals surface area contributed by atoms with Gasteiger partial charge in [-0.3, -0.25) is 0 Å². The molecule has 0 saturated carbocycles. The number of rotatable bonds is 9. The first kappa shape index (κ1) is 15.9. The fraction of sp³-hybridized carbons (Fsp3) is 1.00. The fourth-order valence-electron chi connectivity index (χ4n) is 1.06. The normalized spacial score (nSPS) is 16.2. The molecule has 0 aliphatic heterocycles. The van der Waals surface area contributed by atoms with E-state index >= 15 is 0 Å². The first-order valence-electron chi connectivity index (χ1n) is 5.58. The monoisotopic (exact) mass is 251 g/mol. The molecule has 16 heavy (non-hydrogen) atoms. The van der Waals surface area contributed by atoms with Crippen LogP contribution in [0.1, 0.15) is 20.3 Å². The molecule has 0 spiro atoms. The van der Waals surface area contributed by atoms with E-state index in [0.29, 0.717) is 13.2 Å². The molecule has 5 nitrogen and oxygen atoms in total. The van der Waals surface area contributed by atoms with Crippen molar-refractivity contribution in [2.24, 2.45) is 0 Å². The molecule has 0 rings (SSSR count). The van der Waals surface area contributed by atoms with Crippen molar-refractivity contribution in [3.8, 4) is 0 Å². The summed E-state index contributed by atoms with van der Waals surface area (Å²) < 4.78 is 23.9. The molecule has 1 unspecified atom stereocenters. The molecule has 0 heterocycles. The Labute approximate surface area is 99.4 Å². The van der Waals surface area contributed by atoms with Crippen molar-refractivity contribution in [1.82, 2.24) is 9.99 Å². The Bertz CT molecular complexity index is 203. The van der Waals surface area contributed by atoms with E-state index in [4.69, 9.17) is 9.26 Å². The smallest absolute Gasteiger partial charge is 0.371 e. The van der Waals surface area contributed by atoms with E-state index in [9.17, 15) is 4.57 Å². The number of nitrogens with zero attached hydrogens (tertiary/aromatic N) is 1. The summed E-state index contributed by atoms with van der Waals surface area (Å²) >= 11 is 0. The van der Waals surface area contributed by atoms with Gasteiger partial charge in [-0.05, 0) is 25.0 Å². The topological polar surface area (TPSA) is 50.8 Å². The highest BCUT2D eigenvalue weighted by Gasteiger charge is 2.24. The first-order valence-corrected chi connectivity index (χ1v) is 6.71. The molecule has 1 N–H and O–H groups in total. The summed E-state index contributed by atoms with van der Waals surface area (Å²) in [4.78, 5) is 0. The second-order valence-corrected chi connectivity index (χ2v) is 5.45. The van der Waals surface area contributed by atoms with Crippen LogP contribution in [0.5, 0.6) is 0 Å². The molecule has 0 aliphatic rings. The van der Waals surface area contributed by atoms with Gasteiger partial charge in [0, 0.05) is 20.6 Å². The predicted octanol–water partition coefficient (Wildman–Crippen LogP) is 1.63. The predicted molar refractivity (Wildman–Crippen MR) is 65.8 cm³/mol. The quantitative estimate of drug-likeness (QED) is 0.631. The summed E-state index contributed by atoms with van der Waals surface area (Å²) in [5, 5.41) is 3.04. The van der Waals surface area contributed by atoms with Gasteiger partial charge in [-0.15, -0.1) is 4.52 Å². The van der Waals surface area contributed by atoms with Crippen LogP contribution in [0, 0.1) is 0 Å². The molecule has 0 bridgehead atoms. The molecule has 0 fully saturated rings. The second kappa shape index (κ2) is 9.02. The van der Waals surface area contributed by atoms with E-state index in [-0.39, 0.29) is 12.2 Å². The maximum atomic E-state index is 11.4. The maximum absolute atomic E-state index is 11.4. The Morgan fingerprint density at radius 3 is 2.50 bits per heavy atom. The van der Waals surface area contributed by atoms with E-state index in [0.717, 1.165) is 6.42 Å². The zero-order valence-corrected chi connectivity index (χ0v) is 11.8. The lowest BCUT2D eigenvalue weighted by Crippen LogP contribution is -2.33. The number of hydrogen-bond donors (Lipinski definition) is 1. The molecule has 0 radical (unpaired) electrons. The Morgan fingerprint density at radius 1 is 1.44 bits per heavy atom. The second-order valence-electron chi connectivity index (χ2n) is 3.92. The van der Waals surface area contributed by atoms with Gasteiger partial charge in [0.2, 0.25) is 0 Å². The summed E-state index contributed by atoms with van der Waals surface area (Å²) in [6.07, 6.45) is 1.10. The van der Waals surface area contributed by atoms with Crippen LogP contribution in [0.2, 0.25) is 0 Å². The minimum atomic E-state index is -1.74. The lowest BCUT2D eigenvalue weighted by atomic mass is 10.3. The van der Waals surface area contributed by atoms with Crippen LogP contribution in [0.15, 0.2) is 0 Å². The van der Waals surface area contributed by atoms with Gasteiger partial charge >= 0.3 is 8.18 Å². The third kappa shape index (κ3) is 7.25. The summed E-state index contributed by atoms with van der Waals surface area (Å²) in [5.41, 5.74) is 0. The van der Waals surface area contributed by atoms with E-state index in [2.05, 4.69) is 12.2 Å². The molecule has 6 heteroatoms. The van der Waals surface area contributed by atoms with Crippen LogP contribution in [0.3, 0.4) is 0 Å². The minimum absolute atomic E-state index is 0.0566. The minimum Gasteiger partial charge on any atom is -0.371 e. The summed E-state index contributed by atoms with van der Waals surface area (Å²) in [7, 11) is 3.57. The highest BCUT2D eigenvalue weighted by Crippen LogP contribution is 2.24. The zero-order chi connectivity index (χ0) is 12.6. The molecule has 0 aromatic carbocycles. The van der Waals surface area contributed by atoms with E-state index in [1.807, 2.05) is 14.0 Å². The molecular weight excluding hydrogens is 227 g/mol. The van der Waals surface area contributed by atoms with Crippen LogP contribution in [-0.4, -0.2) is 51.2 Å². The molecule has 3 atom stereocenters. The van der Waals surface area contributed by atoms with Crippen LogP contribution in [0.4, 0.5) is 0 Å². The number of nitrogens with one attached hydrogen (secondary N) is 1. The van der Waals surface area contributed by atoms with Crippen molar-refractivity contribution in [2.45, 2.75) is 32.5 Å². The maximum Gasteiger partial charge on any atom is 0.615 e. The zero-order valence-electron chi connectivity index (χ0n) is 10.9. The average molecular weight is 251 g/mol. The van der Waals surface area contributed by atoms with Crippen molar-refractivity contribution >= 4 is 8.18 Å². The Morgan fingerprint density at radius 2 is 2.06 bits per heavy atom. The third-order valence-corrected chi connectivity index (χ3v) is 3.15. The number of ether oxygens (including phenoxy) is 1. The van der Waals surface area contributed by atoms with Gasteiger partial charge in [0.05, 0.1) is 12.2 Å². The molecular formula is C10H24N2O3P+. The summed E-state index contributed by atoms with van der Waals surface area (Å²) in [6.45, 7) is 5.14. The SMILES string of the molecule is CC[C@H](C)O[C@@H](CNC)CO[P+](=O)N(C)C. The Hall–Kier alpha value is -0.0600. The van der Waals surface area contributed by atoms with Gasteiger partial charge in [-0.1, -0.05) is 11.6 Å². The lowest BCUT2D eigenvalue weighted by molar-refractivity contribution is -0.0244. The number of hydrogen-bond acceptors (Lipinski definition) is 4. The summed E-state index contributed by atoms with van der Waals surface area (Å²) in [5.74, 6) is 0. The van der Waals surface area contributed by atoms with E-state index < -0.39 is 8.18 Å². The molecule has 0 aromatic rings. The van der Waals surface area contributed by atoms with Gasteiger partial charge in [-0.2, -0.15) is 0 Å². The van der Waals surface area contributed by atoms with Crippen LogP contribution >= 0.6 is 8.18 Å². The van der Waals surface area contributed by atoms with Gasteiger partial charge in [-0.25, -0.2) is 0 Å². The lowest BCUT2D eigenvalue weighted by Gasteiger charge is -2.19. The largest absolute Gasteiger partial charge is 0.615 e. The van der Waals surface area contributed by atoms with Crippen molar-refractivity contribution in [3.63, 3.8) is 0 Å². The highest BCUT2D eigenvalue weighted by molar-refractivity contribution is 7.36. The van der Waals surface area contributed by atoms with Gasteiger partial charge in [0.1, 0.15) is 6.61 Å². The van der Waals surface area contributed by atoms with Gasteiger partial charge in [0.25, 0.3) is 0 Å². The molecule has 0 aromatic heterocycles. The Kier molecular flexibility index (Phi) is 8.99. The molecule has 0 aliphatic carbocycles. The highest BCUT2D eigenvalue weighted by atomic mass is 31.1. The first-order chi connectivity index (χ1) is 7.51. The van der Waals surface area contributed by atoms with Gasteiger partial charge < -0.3 is 10.1 Å². The number of likely N-dealkylation sites (N-methyl/N-ethyl adjacent to an activating group) is 1. The van der Waals surface area contributed by atoms with Gasteiger partial charge in [0.15, 0.2) is 0 Å².